The second-order valence-corrected chi connectivity index (χ2v) is 5.61. The molecule has 1 aromatic carbocycles. The smallest absolute Gasteiger partial charge is 0.253 e. The summed E-state index contributed by atoms with van der Waals surface area (Å²) >= 11 is 0. The Kier molecular flexibility index (Phi) is 5.92. The first-order valence-corrected chi connectivity index (χ1v) is 7.77. The second-order valence-electron chi connectivity index (χ2n) is 5.61. The zero-order valence-electron chi connectivity index (χ0n) is 13.7. The van der Waals surface area contributed by atoms with Crippen molar-refractivity contribution in [2.24, 2.45) is 0 Å². The van der Waals surface area contributed by atoms with Crippen molar-refractivity contribution < 1.29 is 4.79 Å². The Hall–Kier alpha value is -2.62. The van der Waals surface area contributed by atoms with Crippen LogP contribution in [0.1, 0.15) is 29.8 Å². The molecule has 0 saturated heterocycles. The summed E-state index contributed by atoms with van der Waals surface area (Å²) in [6, 6.07) is 14.3. The van der Waals surface area contributed by atoms with Crippen molar-refractivity contribution >= 4 is 11.7 Å². The molecule has 0 fully saturated rings. The zero-order valence-corrected chi connectivity index (χ0v) is 13.7. The number of nitrogens with one attached hydrogen (secondary N) is 1. The van der Waals surface area contributed by atoms with E-state index in [1.54, 1.807) is 18.3 Å². The van der Waals surface area contributed by atoms with Crippen LogP contribution in [0, 0.1) is 0 Å². The first kappa shape index (κ1) is 16.7. The van der Waals surface area contributed by atoms with Crippen molar-refractivity contribution in [1.82, 2.24) is 10.3 Å². The molecule has 23 heavy (non-hydrogen) atoms. The van der Waals surface area contributed by atoms with Gasteiger partial charge in [-0.15, -0.1) is 6.58 Å². The molecule has 120 valence electrons. The molecule has 1 N–H and O–H groups in total. The predicted octanol–water partition coefficient (Wildman–Crippen LogP) is 3.41. The van der Waals surface area contributed by atoms with Gasteiger partial charge < -0.3 is 10.2 Å². The molecule has 0 unspecified atom stereocenters. The molecule has 0 aliphatic carbocycles. The second kappa shape index (κ2) is 8.13. The third-order valence-corrected chi connectivity index (χ3v) is 3.53. The summed E-state index contributed by atoms with van der Waals surface area (Å²) in [5.41, 5.74) is 1.79. The van der Waals surface area contributed by atoms with E-state index >= 15 is 0 Å². The fourth-order valence-corrected chi connectivity index (χ4v) is 2.27. The Morgan fingerprint density at radius 2 is 2.00 bits per heavy atom. The van der Waals surface area contributed by atoms with Crippen LogP contribution in [0.2, 0.25) is 0 Å². The maximum absolute atomic E-state index is 11.9. The molecule has 1 aromatic heterocycles. The number of benzene rings is 1. The molecule has 1 amide bonds. The summed E-state index contributed by atoms with van der Waals surface area (Å²) in [5, 5.41) is 2.75. The monoisotopic (exact) mass is 309 g/mol. The number of carbonyl (C=O) groups is 1. The largest absolute Gasteiger partial charge is 0.350 e. The van der Waals surface area contributed by atoms with Crippen LogP contribution in [0.3, 0.4) is 0 Å². The minimum atomic E-state index is -0.136. The molecule has 0 bridgehead atoms. The predicted molar refractivity (Wildman–Crippen MR) is 94.5 cm³/mol. The molecule has 4 nitrogen and oxygen atoms in total. The van der Waals surface area contributed by atoms with Gasteiger partial charge in [-0.3, -0.25) is 4.79 Å². The highest BCUT2D eigenvalue weighted by Crippen LogP contribution is 2.18. The van der Waals surface area contributed by atoms with E-state index in [4.69, 9.17) is 0 Å². The maximum atomic E-state index is 11.9. The molecule has 4 heteroatoms. The third kappa shape index (κ3) is 4.68. The van der Waals surface area contributed by atoms with Crippen molar-refractivity contribution in [2.75, 3.05) is 11.4 Å². The number of rotatable bonds is 7. The number of nitrogens with zero attached hydrogens (tertiary/aromatic N) is 2. The molecule has 0 atom stereocenters. The maximum Gasteiger partial charge on any atom is 0.253 e. The Morgan fingerprint density at radius 1 is 1.26 bits per heavy atom. The molecule has 0 aliphatic heterocycles. The quantitative estimate of drug-likeness (QED) is 0.797. The fraction of sp³-hybridized carbons (Fsp3) is 0.263. The summed E-state index contributed by atoms with van der Waals surface area (Å²) < 4.78 is 0. The van der Waals surface area contributed by atoms with E-state index in [0.29, 0.717) is 18.2 Å². The number of pyridine rings is 1. The van der Waals surface area contributed by atoms with Crippen molar-refractivity contribution in [2.45, 2.75) is 26.4 Å². The summed E-state index contributed by atoms with van der Waals surface area (Å²) in [5.74, 6) is 0.729. The van der Waals surface area contributed by atoms with Crippen LogP contribution in [0.15, 0.2) is 61.3 Å². The van der Waals surface area contributed by atoms with E-state index in [9.17, 15) is 4.79 Å². The number of hydrogen-bond donors (Lipinski definition) is 1. The van der Waals surface area contributed by atoms with Gasteiger partial charge in [-0.25, -0.2) is 4.98 Å². The van der Waals surface area contributed by atoms with Gasteiger partial charge in [0.15, 0.2) is 0 Å². The standard InChI is InChI=1S/C19H23N3O/c1-4-12-20-19(23)17-10-11-18(21-13-17)22(15(2)3)14-16-8-6-5-7-9-16/h4-11,13,15H,1,12,14H2,2-3H3,(H,20,23). The van der Waals surface area contributed by atoms with Crippen LogP contribution >= 0.6 is 0 Å². The lowest BCUT2D eigenvalue weighted by Crippen LogP contribution is -2.31. The van der Waals surface area contributed by atoms with E-state index in [1.165, 1.54) is 5.56 Å². The lowest BCUT2D eigenvalue weighted by atomic mass is 10.2. The SMILES string of the molecule is C=CCNC(=O)c1ccc(N(Cc2ccccc2)C(C)C)nc1. The summed E-state index contributed by atoms with van der Waals surface area (Å²) in [4.78, 5) is 18.6. The molecule has 0 saturated carbocycles. The molecule has 0 aliphatic rings. The molecule has 1 heterocycles. The molecule has 0 spiro atoms. The molecule has 2 rings (SSSR count). The van der Waals surface area contributed by atoms with E-state index < -0.39 is 0 Å². The number of aromatic nitrogens is 1. The van der Waals surface area contributed by atoms with Crippen LogP contribution in [0.25, 0.3) is 0 Å². The van der Waals surface area contributed by atoms with Crippen LogP contribution in [-0.4, -0.2) is 23.5 Å². The first-order chi connectivity index (χ1) is 11.1. The highest BCUT2D eigenvalue weighted by atomic mass is 16.1. The Bertz CT molecular complexity index is 635. The van der Waals surface area contributed by atoms with E-state index in [-0.39, 0.29) is 5.91 Å². The highest BCUT2D eigenvalue weighted by molar-refractivity contribution is 5.94. The fourth-order valence-electron chi connectivity index (χ4n) is 2.27. The van der Waals surface area contributed by atoms with Crippen molar-refractivity contribution in [3.63, 3.8) is 0 Å². The van der Waals surface area contributed by atoms with Gasteiger partial charge in [0.25, 0.3) is 5.91 Å². The first-order valence-electron chi connectivity index (χ1n) is 7.77. The molecular formula is C19H23N3O. The normalized spacial score (nSPS) is 10.4. The average molecular weight is 309 g/mol. The van der Waals surface area contributed by atoms with Gasteiger partial charge in [0.2, 0.25) is 0 Å². The number of carbonyl (C=O) groups excluding carboxylic acids is 1. The Morgan fingerprint density at radius 3 is 2.57 bits per heavy atom. The molecular weight excluding hydrogens is 286 g/mol. The topological polar surface area (TPSA) is 45.2 Å². The van der Waals surface area contributed by atoms with Crippen LogP contribution < -0.4 is 10.2 Å². The highest BCUT2D eigenvalue weighted by Gasteiger charge is 2.13. The van der Waals surface area contributed by atoms with Crippen LogP contribution in [0.5, 0.6) is 0 Å². The number of hydrogen-bond acceptors (Lipinski definition) is 3. The number of anilines is 1. The van der Waals surface area contributed by atoms with Gasteiger partial charge in [-0.1, -0.05) is 36.4 Å². The van der Waals surface area contributed by atoms with Crippen molar-refractivity contribution in [1.29, 1.82) is 0 Å². The van der Waals surface area contributed by atoms with E-state index in [0.717, 1.165) is 12.4 Å². The van der Waals surface area contributed by atoms with Gasteiger partial charge >= 0.3 is 0 Å². The third-order valence-electron chi connectivity index (χ3n) is 3.53. The molecule has 2 aromatic rings. The van der Waals surface area contributed by atoms with Gasteiger partial charge in [0, 0.05) is 25.3 Å². The van der Waals surface area contributed by atoms with Crippen LogP contribution in [-0.2, 0) is 6.54 Å². The average Bonchev–Trinajstić information content (AvgIpc) is 2.58. The van der Waals surface area contributed by atoms with Gasteiger partial charge in [0.05, 0.1) is 5.56 Å². The Balaban J connectivity index is 2.14. The zero-order chi connectivity index (χ0) is 16.7. The lowest BCUT2D eigenvalue weighted by Gasteiger charge is -2.28. The van der Waals surface area contributed by atoms with Crippen molar-refractivity contribution in [3.05, 3.63) is 72.4 Å². The molecule has 0 radical (unpaired) electrons. The summed E-state index contributed by atoms with van der Waals surface area (Å²) in [7, 11) is 0. The Labute approximate surface area is 137 Å². The van der Waals surface area contributed by atoms with Gasteiger partial charge in [-0.2, -0.15) is 0 Å². The van der Waals surface area contributed by atoms with Gasteiger partial charge in [-0.05, 0) is 31.5 Å². The van der Waals surface area contributed by atoms with Crippen LogP contribution in [0.4, 0.5) is 5.82 Å². The number of amides is 1. The van der Waals surface area contributed by atoms with Crippen molar-refractivity contribution in [3.8, 4) is 0 Å². The minimum Gasteiger partial charge on any atom is -0.350 e. The summed E-state index contributed by atoms with van der Waals surface area (Å²) in [6.07, 6.45) is 3.27. The minimum absolute atomic E-state index is 0.136. The summed E-state index contributed by atoms with van der Waals surface area (Å²) in [6.45, 7) is 9.09. The van der Waals surface area contributed by atoms with E-state index in [2.05, 4.69) is 47.8 Å². The van der Waals surface area contributed by atoms with Gasteiger partial charge in [0.1, 0.15) is 5.82 Å². The van der Waals surface area contributed by atoms with E-state index in [1.807, 2.05) is 24.3 Å². The lowest BCUT2D eigenvalue weighted by molar-refractivity contribution is 0.0957.